The summed E-state index contributed by atoms with van der Waals surface area (Å²) in [6.45, 7) is 1.88. The van der Waals surface area contributed by atoms with Crippen molar-refractivity contribution in [2.45, 2.75) is 11.8 Å². The van der Waals surface area contributed by atoms with Crippen LogP contribution >= 0.6 is 27.3 Å². The Morgan fingerprint density at radius 1 is 1.30 bits per heavy atom. The van der Waals surface area contributed by atoms with Crippen LogP contribution in [0.2, 0.25) is 0 Å². The van der Waals surface area contributed by atoms with E-state index in [1.54, 1.807) is 18.2 Å². The van der Waals surface area contributed by atoms with Gasteiger partial charge in [-0.25, -0.2) is 8.42 Å². The Labute approximate surface area is 130 Å². The van der Waals surface area contributed by atoms with E-state index in [1.807, 2.05) is 18.4 Å². The van der Waals surface area contributed by atoms with Gasteiger partial charge in [-0.3, -0.25) is 0 Å². The van der Waals surface area contributed by atoms with Crippen molar-refractivity contribution >= 4 is 43.2 Å². The molecule has 102 valence electrons. The quantitative estimate of drug-likeness (QED) is 0.765. The summed E-state index contributed by atoms with van der Waals surface area (Å²) in [5, 5.41) is 11.0. The summed E-state index contributed by atoms with van der Waals surface area (Å²) < 4.78 is 25.6. The van der Waals surface area contributed by atoms with Gasteiger partial charge in [-0.1, -0.05) is 15.9 Å². The van der Waals surface area contributed by atoms with Gasteiger partial charge in [0.15, 0.2) is 4.91 Å². The van der Waals surface area contributed by atoms with Crippen LogP contribution in [0, 0.1) is 18.3 Å². The van der Waals surface area contributed by atoms with Crippen molar-refractivity contribution in [1.29, 1.82) is 5.26 Å². The van der Waals surface area contributed by atoms with Crippen molar-refractivity contribution in [1.82, 2.24) is 0 Å². The Bertz CT molecular complexity index is 796. The summed E-state index contributed by atoms with van der Waals surface area (Å²) in [6, 6.07) is 9.91. The van der Waals surface area contributed by atoms with Gasteiger partial charge in [-0.05, 0) is 54.3 Å². The summed E-state index contributed by atoms with van der Waals surface area (Å²) in [4.78, 5) is 0.648. The lowest BCUT2D eigenvalue weighted by Gasteiger charge is -2.03. The van der Waals surface area contributed by atoms with Crippen molar-refractivity contribution in [2.24, 2.45) is 0 Å². The van der Waals surface area contributed by atoms with Crippen LogP contribution in [0.1, 0.15) is 10.4 Å². The number of hydrogen-bond acceptors (Lipinski definition) is 4. The normalized spacial score (nSPS) is 12.2. The highest BCUT2D eigenvalue weighted by atomic mass is 79.9. The maximum absolute atomic E-state index is 12.4. The van der Waals surface area contributed by atoms with Gasteiger partial charge in [-0.2, -0.15) is 5.26 Å². The van der Waals surface area contributed by atoms with E-state index in [1.165, 1.54) is 29.5 Å². The number of sulfone groups is 1. The fourth-order valence-electron chi connectivity index (χ4n) is 1.56. The van der Waals surface area contributed by atoms with Crippen molar-refractivity contribution in [2.75, 3.05) is 0 Å². The number of hydrogen-bond donors (Lipinski definition) is 0. The number of benzene rings is 1. The second-order valence-electron chi connectivity index (χ2n) is 4.05. The summed E-state index contributed by atoms with van der Waals surface area (Å²) in [6.07, 6.45) is 1.43. The van der Waals surface area contributed by atoms with Crippen LogP contribution in [-0.4, -0.2) is 8.42 Å². The Morgan fingerprint density at radius 3 is 2.45 bits per heavy atom. The van der Waals surface area contributed by atoms with E-state index >= 15 is 0 Å². The number of rotatable bonds is 3. The fourth-order valence-corrected chi connectivity index (χ4v) is 3.90. The molecule has 0 spiro atoms. The van der Waals surface area contributed by atoms with Gasteiger partial charge in [0.25, 0.3) is 0 Å². The van der Waals surface area contributed by atoms with Crippen LogP contribution in [-0.2, 0) is 9.84 Å². The summed E-state index contributed by atoms with van der Waals surface area (Å²) in [5.41, 5.74) is 0.953. The first-order chi connectivity index (χ1) is 9.45. The first-order valence-corrected chi connectivity index (χ1v) is 8.77. The molecule has 20 heavy (non-hydrogen) atoms. The second-order valence-corrected chi connectivity index (χ2v) is 7.83. The van der Waals surface area contributed by atoms with Gasteiger partial charge >= 0.3 is 0 Å². The molecule has 3 nitrogen and oxygen atoms in total. The Morgan fingerprint density at radius 2 is 1.95 bits per heavy atom. The topological polar surface area (TPSA) is 57.9 Å². The first kappa shape index (κ1) is 15.0. The maximum atomic E-state index is 12.4. The first-order valence-electron chi connectivity index (χ1n) is 5.61. The molecule has 0 saturated heterocycles. The van der Waals surface area contributed by atoms with Gasteiger partial charge in [0.05, 0.1) is 4.90 Å². The third-order valence-corrected chi connectivity index (χ3v) is 5.86. The zero-order valence-electron chi connectivity index (χ0n) is 10.5. The minimum Gasteiger partial charge on any atom is -0.218 e. The van der Waals surface area contributed by atoms with Crippen molar-refractivity contribution in [3.05, 3.63) is 55.5 Å². The Hall–Kier alpha value is -1.42. The largest absolute Gasteiger partial charge is 0.218 e. The number of aryl methyl sites for hydroxylation is 1. The summed E-state index contributed by atoms with van der Waals surface area (Å²) >= 11 is 4.66. The molecule has 2 aromatic rings. The highest BCUT2D eigenvalue weighted by Crippen LogP contribution is 2.25. The molecule has 0 aliphatic carbocycles. The van der Waals surface area contributed by atoms with Crippen LogP contribution in [0.4, 0.5) is 0 Å². The fraction of sp³-hybridized carbons (Fsp3) is 0.0714. The van der Waals surface area contributed by atoms with E-state index in [9.17, 15) is 8.42 Å². The minimum atomic E-state index is -3.77. The molecule has 6 heteroatoms. The number of thiophene rings is 1. The maximum Gasteiger partial charge on any atom is 0.216 e. The van der Waals surface area contributed by atoms with Crippen molar-refractivity contribution in [3.63, 3.8) is 0 Å². The van der Waals surface area contributed by atoms with Gasteiger partial charge in [0.1, 0.15) is 6.07 Å². The molecular formula is C14H10BrNO2S2. The molecule has 0 aliphatic heterocycles. The molecule has 0 saturated carbocycles. The molecule has 0 fully saturated rings. The molecule has 0 unspecified atom stereocenters. The van der Waals surface area contributed by atoms with E-state index in [0.29, 0.717) is 0 Å². The predicted molar refractivity (Wildman–Crippen MR) is 84.0 cm³/mol. The number of halogens is 1. The average molecular weight is 368 g/mol. The Balaban J connectivity index is 2.52. The van der Waals surface area contributed by atoms with Crippen LogP contribution in [0.5, 0.6) is 0 Å². The minimum absolute atomic E-state index is 0.114. The molecule has 0 radical (unpaired) electrons. The van der Waals surface area contributed by atoms with Gasteiger partial charge in [0.2, 0.25) is 9.84 Å². The second kappa shape index (κ2) is 5.92. The lowest BCUT2D eigenvalue weighted by Crippen LogP contribution is -2.03. The molecule has 0 amide bonds. The number of nitriles is 1. The molecular weight excluding hydrogens is 358 g/mol. The molecule has 1 heterocycles. The monoisotopic (exact) mass is 367 g/mol. The highest BCUT2D eigenvalue weighted by Gasteiger charge is 2.21. The van der Waals surface area contributed by atoms with Gasteiger partial charge in [-0.15, -0.1) is 11.3 Å². The van der Waals surface area contributed by atoms with E-state index in [2.05, 4.69) is 15.9 Å². The summed E-state index contributed by atoms with van der Waals surface area (Å²) in [7, 11) is -3.77. The number of allylic oxidation sites excluding steroid dienone is 1. The number of nitrogens with zero attached hydrogens (tertiary/aromatic N) is 1. The van der Waals surface area contributed by atoms with E-state index in [-0.39, 0.29) is 9.80 Å². The third-order valence-electron chi connectivity index (χ3n) is 2.69. The van der Waals surface area contributed by atoms with Crippen LogP contribution in [0.3, 0.4) is 0 Å². The van der Waals surface area contributed by atoms with E-state index in [0.717, 1.165) is 14.9 Å². The van der Waals surface area contributed by atoms with E-state index < -0.39 is 9.84 Å². The smallest absolute Gasteiger partial charge is 0.216 e. The molecule has 0 aliphatic rings. The van der Waals surface area contributed by atoms with Crippen LogP contribution in [0.15, 0.2) is 50.0 Å². The SMILES string of the molecule is Cc1ccsc1C=C(C#N)S(=O)(=O)c1ccc(Br)cc1. The Kier molecular flexibility index (Phi) is 4.43. The molecule has 1 aromatic carbocycles. The zero-order valence-corrected chi connectivity index (χ0v) is 13.7. The van der Waals surface area contributed by atoms with Crippen LogP contribution < -0.4 is 0 Å². The van der Waals surface area contributed by atoms with Crippen molar-refractivity contribution in [3.8, 4) is 6.07 Å². The molecule has 0 atom stereocenters. The predicted octanol–water partition coefficient (Wildman–Crippen LogP) is 4.16. The lowest BCUT2D eigenvalue weighted by molar-refractivity contribution is 0.603. The molecule has 0 N–H and O–H groups in total. The third kappa shape index (κ3) is 3.01. The van der Waals surface area contributed by atoms with Crippen LogP contribution in [0.25, 0.3) is 6.08 Å². The van der Waals surface area contributed by atoms with Gasteiger partial charge < -0.3 is 0 Å². The van der Waals surface area contributed by atoms with Gasteiger partial charge in [0, 0.05) is 9.35 Å². The highest BCUT2D eigenvalue weighted by molar-refractivity contribution is 9.10. The lowest BCUT2D eigenvalue weighted by atomic mass is 10.3. The van der Waals surface area contributed by atoms with Crippen molar-refractivity contribution < 1.29 is 8.42 Å². The molecule has 2 rings (SSSR count). The summed E-state index contributed by atoms with van der Waals surface area (Å²) in [5.74, 6) is 0. The van der Waals surface area contributed by atoms with E-state index in [4.69, 9.17) is 5.26 Å². The average Bonchev–Trinajstić information content (AvgIpc) is 2.81. The molecule has 0 bridgehead atoms. The molecule has 1 aromatic heterocycles. The zero-order chi connectivity index (χ0) is 14.8. The standard InChI is InChI=1S/C14H10BrNO2S2/c1-10-6-7-19-14(10)8-13(9-16)20(17,18)12-4-2-11(15)3-5-12/h2-8H,1H3.